The highest BCUT2D eigenvalue weighted by molar-refractivity contribution is 6.04. The van der Waals surface area contributed by atoms with Gasteiger partial charge in [0.2, 0.25) is 5.91 Å². The number of amides is 1. The molecule has 1 unspecified atom stereocenters. The summed E-state index contributed by atoms with van der Waals surface area (Å²) in [5.41, 5.74) is 6.36. The van der Waals surface area contributed by atoms with Gasteiger partial charge in [0.1, 0.15) is 5.75 Å². The highest BCUT2D eigenvalue weighted by atomic mass is 16.3. The Bertz CT molecular complexity index is 610. The molecular formula is C16H20N2O2. The molecule has 0 heterocycles. The fourth-order valence-electron chi connectivity index (χ4n) is 2.34. The molecule has 0 bridgehead atoms. The summed E-state index contributed by atoms with van der Waals surface area (Å²) in [6.45, 7) is 2.38. The van der Waals surface area contributed by atoms with E-state index in [1.807, 2.05) is 31.2 Å². The number of aromatic hydroxyl groups is 1. The summed E-state index contributed by atoms with van der Waals surface area (Å²) in [5, 5.41) is 14.3. The number of phenolic OH excluding ortho intramolecular Hbond substituents is 1. The molecule has 20 heavy (non-hydrogen) atoms. The molecule has 0 aliphatic rings. The minimum Gasteiger partial charge on any atom is -0.507 e. The number of hydrogen-bond acceptors (Lipinski definition) is 3. The van der Waals surface area contributed by atoms with Crippen LogP contribution in [0, 0.1) is 5.92 Å². The first-order chi connectivity index (χ1) is 9.67. The Labute approximate surface area is 118 Å². The number of phenols is 1. The van der Waals surface area contributed by atoms with E-state index in [-0.39, 0.29) is 17.6 Å². The SMILES string of the molecule is CCCC(CN)C(=O)Nc1cccc2c(O)cccc12. The lowest BCUT2D eigenvalue weighted by atomic mass is 10.0. The molecule has 2 aromatic rings. The summed E-state index contributed by atoms with van der Waals surface area (Å²) in [6, 6.07) is 10.7. The summed E-state index contributed by atoms with van der Waals surface area (Å²) < 4.78 is 0. The molecule has 1 amide bonds. The minimum atomic E-state index is -0.174. The Morgan fingerprint density at radius 2 is 1.95 bits per heavy atom. The number of anilines is 1. The van der Waals surface area contributed by atoms with Crippen LogP contribution < -0.4 is 11.1 Å². The quantitative estimate of drug-likeness (QED) is 0.783. The van der Waals surface area contributed by atoms with E-state index >= 15 is 0 Å². The van der Waals surface area contributed by atoms with Crippen LogP contribution in [-0.4, -0.2) is 17.6 Å². The van der Waals surface area contributed by atoms with Gasteiger partial charge < -0.3 is 16.2 Å². The molecule has 1 atom stereocenters. The van der Waals surface area contributed by atoms with Gasteiger partial charge in [0, 0.05) is 23.0 Å². The largest absolute Gasteiger partial charge is 0.507 e. The average Bonchev–Trinajstić information content (AvgIpc) is 2.45. The van der Waals surface area contributed by atoms with Gasteiger partial charge >= 0.3 is 0 Å². The predicted octanol–water partition coefficient (Wildman–Crippen LogP) is 2.86. The fraction of sp³-hybridized carbons (Fsp3) is 0.312. The molecule has 2 rings (SSSR count). The summed E-state index contributed by atoms with van der Waals surface area (Å²) in [7, 11) is 0. The van der Waals surface area contributed by atoms with Crippen LogP contribution in [0.4, 0.5) is 5.69 Å². The van der Waals surface area contributed by atoms with Crippen molar-refractivity contribution < 1.29 is 9.90 Å². The third-order valence-electron chi connectivity index (χ3n) is 3.45. The van der Waals surface area contributed by atoms with Gasteiger partial charge in [0.25, 0.3) is 0 Å². The molecular weight excluding hydrogens is 252 g/mol. The molecule has 4 nitrogen and oxygen atoms in total. The normalized spacial score (nSPS) is 12.3. The van der Waals surface area contributed by atoms with Crippen molar-refractivity contribution in [2.75, 3.05) is 11.9 Å². The number of carbonyl (C=O) groups is 1. The van der Waals surface area contributed by atoms with Gasteiger partial charge in [-0.25, -0.2) is 0 Å². The van der Waals surface area contributed by atoms with Gasteiger partial charge in [-0.1, -0.05) is 37.6 Å². The molecule has 106 valence electrons. The van der Waals surface area contributed by atoms with E-state index < -0.39 is 0 Å². The number of nitrogens with one attached hydrogen (secondary N) is 1. The summed E-state index contributed by atoms with van der Waals surface area (Å²) >= 11 is 0. The zero-order chi connectivity index (χ0) is 14.5. The van der Waals surface area contributed by atoms with E-state index in [1.165, 1.54) is 0 Å². The van der Waals surface area contributed by atoms with Crippen molar-refractivity contribution >= 4 is 22.4 Å². The van der Waals surface area contributed by atoms with Crippen molar-refractivity contribution in [1.82, 2.24) is 0 Å². The minimum absolute atomic E-state index is 0.0646. The van der Waals surface area contributed by atoms with Crippen LogP contribution >= 0.6 is 0 Å². The second kappa shape index (κ2) is 6.39. The Balaban J connectivity index is 2.30. The molecule has 0 radical (unpaired) electrons. The van der Waals surface area contributed by atoms with Crippen molar-refractivity contribution in [1.29, 1.82) is 0 Å². The highest BCUT2D eigenvalue weighted by Crippen LogP contribution is 2.30. The topological polar surface area (TPSA) is 75.4 Å². The van der Waals surface area contributed by atoms with Crippen molar-refractivity contribution in [3.05, 3.63) is 36.4 Å². The first kappa shape index (κ1) is 14.3. The third-order valence-corrected chi connectivity index (χ3v) is 3.45. The van der Waals surface area contributed by atoms with Crippen LogP contribution in [0.5, 0.6) is 5.75 Å². The molecule has 0 aliphatic carbocycles. The van der Waals surface area contributed by atoms with E-state index in [2.05, 4.69) is 5.32 Å². The lowest BCUT2D eigenvalue weighted by Gasteiger charge is -2.15. The van der Waals surface area contributed by atoms with Gasteiger partial charge in [0.15, 0.2) is 0 Å². The maximum absolute atomic E-state index is 12.2. The first-order valence-electron chi connectivity index (χ1n) is 6.89. The van der Waals surface area contributed by atoms with Crippen LogP contribution in [0.25, 0.3) is 10.8 Å². The predicted molar refractivity (Wildman–Crippen MR) is 81.7 cm³/mol. The molecule has 0 aromatic heterocycles. The number of nitrogens with two attached hydrogens (primary N) is 1. The van der Waals surface area contributed by atoms with Crippen molar-refractivity contribution in [2.24, 2.45) is 11.7 Å². The van der Waals surface area contributed by atoms with E-state index in [0.29, 0.717) is 12.2 Å². The maximum atomic E-state index is 12.2. The molecule has 0 saturated heterocycles. The average molecular weight is 272 g/mol. The zero-order valence-corrected chi connectivity index (χ0v) is 11.6. The zero-order valence-electron chi connectivity index (χ0n) is 11.6. The highest BCUT2D eigenvalue weighted by Gasteiger charge is 2.16. The molecule has 2 aromatic carbocycles. The number of hydrogen-bond donors (Lipinski definition) is 3. The fourth-order valence-corrected chi connectivity index (χ4v) is 2.34. The summed E-state index contributed by atoms with van der Waals surface area (Å²) in [4.78, 5) is 12.2. The Morgan fingerprint density at radius 3 is 2.65 bits per heavy atom. The van der Waals surface area contributed by atoms with Gasteiger partial charge in [-0.05, 0) is 18.6 Å². The molecule has 4 heteroatoms. The van der Waals surface area contributed by atoms with Crippen LogP contribution in [0.3, 0.4) is 0 Å². The first-order valence-corrected chi connectivity index (χ1v) is 6.89. The Kier molecular flexibility index (Phi) is 4.58. The number of carbonyl (C=O) groups excluding carboxylic acids is 1. The van der Waals surface area contributed by atoms with Crippen LogP contribution in [0.15, 0.2) is 36.4 Å². The number of benzene rings is 2. The third kappa shape index (κ3) is 2.91. The smallest absolute Gasteiger partial charge is 0.228 e. The van der Waals surface area contributed by atoms with E-state index in [1.54, 1.807) is 12.1 Å². The maximum Gasteiger partial charge on any atom is 0.228 e. The Morgan fingerprint density at radius 1 is 1.25 bits per heavy atom. The molecule has 0 aliphatic heterocycles. The van der Waals surface area contributed by atoms with Gasteiger partial charge in [-0.2, -0.15) is 0 Å². The van der Waals surface area contributed by atoms with E-state index in [9.17, 15) is 9.90 Å². The lowest BCUT2D eigenvalue weighted by Crippen LogP contribution is -2.29. The molecule has 0 saturated carbocycles. The van der Waals surface area contributed by atoms with Crippen molar-refractivity contribution in [2.45, 2.75) is 19.8 Å². The van der Waals surface area contributed by atoms with E-state index in [0.717, 1.165) is 23.6 Å². The molecule has 0 fully saturated rings. The monoisotopic (exact) mass is 272 g/mol. The van der Waals surface area contributed by atoms with Crippen LogP contribution in [-0.2, 0) is 4.79 Å². The van der Waals surface area contributed by atoms with Gasteiger partial charge in [-0.3, -0.25) is 4.79 Å². The summed E-state index contributed by atoms with van der Waals surface area (Å²) in [6.07, 6.45) is 1.70. The van der Waals surface area contributed by atoms with Crippen LogP contribution in [0.1, 0.15) is 19.8 Å². The standard InChI is InChI=1S/C16H20N2O2/c1-2-5-11(10-17)16(20)18-14-8-3-7-13-12(14)6-4-9-15(13)19/h3-4,6-9,11,19H,2,5,10,17H2,1H3,(H,18,20). The van der Waals surface area contributed by atoms with Crippen LogP contribution in [0.2, 0.25) is 0 Å². The van der Waals surface area contributed by atoms with E-state index in [4.69, 9.17) is 5.73 Å². The second-order valence-electron chi connectivity index (χ2n) is 4.89. The van der Waals surface area contributed by atoms with Crippen molar-refractivity contribution in [3.63, 3.8) is 0 Å². The number of rotatable bonds is 5. The Hall–Kier alpha value is -2.07. The van der Waals surface area contributed by atoms with Gasteiger partial charge in [0.05, 0.1) is 5.92 Å². The molecule has 0 spiro atoms. The summed E-state index contributed by atoms with van der Waals surface area (Å²) in [5.74, 6) is -0.0275. The van der Waals surface area contributed by atoms with Crippen molar-refractivity contribution in [3.8, 4) is 5.75 Å². The molecule has 4 N–H and O–H groups in total. The lowest BCUT2D eigenvalue weighted by molar-refractivity contribution is -0.119. The number of fused-ring (bicyclic) bond motifs is 1. The van der Waals surface area contributed by atoms with Gasteiger partial charge in [-0.15, -0.1) is 0 Å². The second-order valence-corrected chi connectivity index (χ2v) is 4.89.